The lowest BCUT2D eigenvalue weighted by Crippen LogP contribution is -2.18. The summed E-state index contributed by atoms with van der Waals surface area (Å²) >= 11 is 0. The highest BCUT2D eigenvalue weighted by atomic mass is 31.2. The molecule has 0 atom stereocenters. The average Bonchev–Trinajstić information content (AvgIpc) is 3.31. The molecular formula is C60H92O16P4. The average molecular weight is 1190 g/mol. The molecule has 0 amide bonds. The zero-order valence-corrected chi connectivity index (χ0v) is 55.0. The van der Waals surface area contributed by atoms with Crippen molar-refractivity contribution in [1.82, 2.24) is 0 Å². The van der Waals surface area contributed by atoms with Gasteiger partial charge in [0, 0.05) is 25.7 Å². The first-order chi connectivity index (χ1) is 37.2. The van der Waals surface area contributed by atoms with E-state index in [9.17, 15) is 18.3 Å². The van der Waals surface area contributed by atoms with Gasteiger partial charge < -0.3 is 18.1 Å². The third kappa shape index (κ3) is 17.4. The van der Waals surface area contributed by atoms with Crippen LogP contribution >= 0.6 is 31.3 Å². The van der Waals surface area contributed by atoms with Crippen molar-refractivity contribution in [1.29, 1.82) is 0 Å². The smallest absolute Gasteiger partial charge is 0.403 e. The standard InChI is InChI=1S/C60H92O16P4/c1-21-65-77(61,66-22-2)73-53-41-29-43-35-50(58(12,13)14)37-45(54(43)74-78(62,67-23-3)68-24-4)31-47-39-52(60(18,19)20)40-48(56(47)76-80(64,71-27-7)72-28-8)32-46-38-51(59(15,16)17)36-44(30-42(53)34-49(33-41)57(9,10)11)55(46)75-79(63,69-25-5)70-26-6/h33-40H,21-32H2,1-20H3. The Morgan fingerprint density at radius 3 is 0.500 bits per heavy atom. The predicted octanol–water partition coefficient (Wildman–Crippen LogP) is 17.8. The first kappa shape index (κ1) is 67.5. The largest absolute Gasteiger partial charge is 0.530 e. The quantitative estimate of drug-likeness (QED) is 0.0532. The van der Waals surface area contributed by atoms with Gasteiger partial charge in [-0.2, -0.15) is 0 Å². The van der Waals surface area contributed by atoms with E-state index < -0.39 is 53.0 Å². The Balaban J connectivity index is 2.21. The third-order valence-corrected chi connectivity index (χ3v) is 19.3. The third-order valence-electron chi connectivity index (χ3n) is 13.1. The van der Waals surface area contributed by atoms with Crippen molar-refractivity contribution < 1.29 is 72.5 Å². The Morgan fingerprint density at radius 1 is 0.275 bits per heavy atom. The van der Waals surface area contributed by atoms with Crippen LogP contribution in [0, 0.1) is 0 Å². The van der Waals surface area contributed by atoms with E-state index in [0.717, 1.165) is 22.3 Å². The van der Waals surface area contributed by atoms with Crippen LogP contribution < -0.4 is 18.1 Å². The van der Waals surface area contributed by atoms with Crippen molar-refractivity contribution in [2.75, 3.05) is 52.9 Å². The number of benzene rings is 4. The Kier molecular flexibility index (Phi) is 22.9. The van der Waals surface area contributed by atoms with Crippen LogP contribution in [0.3, 0.4) is 0 Å². The number of hydrogen-bond donors (Lipinski definition) is 0. The zero-order valence-electron chi connectivity index (χ0n) is 51.4. The Labute approximate surface area is 478 Å². The number of phosphoric ester groups is 4. The lowest BCUT2D eigenvalue weighted by Gasteiger charge is -2.30. The summed E-state index contributed by atoms with van der Waals surface area (Å²) in [7, 11) is -17.4. The van der Waals surface area contributed by atoms with Gasteiger partial charge in [0.2, 0.25) is 0 Å². The van der Waals surface area contributed by atoms with E-state index >= 15 is 0 Å². The molecule has 0 spiro atoms. The maximum atomic E-state index is 15.0. The lowest BCUT2D eigenvalue weighted by molar-refractivity contribution is 0.165. The molecule has 0 radical (unpaired) electrons. The molecular weight excluding hydrogens is 1100 g/mol. The first-order valence-electron chi connectivity index (χ1n) is 28.2. The van der Waals surface area contributed by atoms with Gasteiger partial charge in [-0.25, -0.2) is 18.3 Å². The second kappa shape index (κ2) is 27.2. The Bertz CT molecular complexity index is 2450. The van der Waals surface area contributed by atoms with Crippen LogP contribution in [0.1, 0.15) is 205 Å². The van der Waals surface area contributed by atoms with Crippen LogP contribution in [0.15, 0.2) is 48.5 Å². The number of fused-ring (bicyclic) bond motifs is 8. The van der Waals surface area contributed by atoms with Crippen LogP contribution in [0.4, 0.5) is 0 Å². The highest BCUT2D eigenvalue weighted by molar-refractivity contribution is 7.49. The summed E-state index contributed by atoms with van der Waals surface area (Å²) in [5, 5.41) is 0. The van der Waals surface area contributed by atoms with E-state index in [0.29, 0.717) is 44.5 Å². The summed E-state index contributed by atoms with van der Waals surface area (Å²) in [5.41, 5.74) is 6.13. The fourth-order valence-electron chi connectivity index (χ4n) is 9.16. The summed E-state index contributed by atoms with van der Waals surface area (Å²) in [6.07, 6.45) is 0.151. The molecule has 1 aliphatic carbocycles. The van der Waals surface area contributed by atoms with Crippen LogP contribution in [-0.2, 0) is 102 Å². The molecule has 448 valence electrons. The van der Waals surface area contributed by atoms with Gasteiger partial charge in [0.05, 0.1) is 52.9 Å². The van der Waals surface area contributed by atoms with Crippen LogP contribution in [0.5, 0.6) is 23.0 Å². The fourth-order valence-corrected chi connectivity index (χ4v) is 14.2. The van der Waals surface area contributed by atoms with Gasteiger partial charge in [0.1, 0.15) is 23.0 Å². The summed E-state index contributed by atoms with van der Waals surface area (Å²) in [5.74, 6) is 0.802. The normalized spacial score (nSPS) is 14.1. The number of hydrogen-bond acceptors (Lipinski definition) is 16. The van der Waals surface area contributed by atoms with E-state index in [4.69, 9.17) is 54.3 Å². The van der Waals surface area contributed by atoms with E-state index in [-0.39, 0.29) is 102 Å². The minimum Gasteiger partial charge on any atom is -0.403 e. The minimum atomic E-state index is -4.36. The molecule has 80 heavy (non-hydrogen) atoms. The molecule has 0 saturated carbocycles. The second-order valence-electron chi connectivity index (χ2n) is 23.7. The van der Waals surface area contributed by atoms with Gasteiger partial charge in [-0.05, 0) is 144 Å². The van der Waals surface area contributed by atoms with Crippen molar-refractivity contribution in [3.05, 3.63) is 115 Å². The molecule has 1 aliphatic rings. The molecule has 0 N–H and O–H groups in total. The summed E-state index contributed by atoms with van der Waals surface area (Å²) in [6, 6.07) is 16.1. The van der Waals surface area contributed by atoms with E-state index in [1.807, 2.05) is 48.5 Å². The second-order valence-corrected chi connectivity index (χ2v) is 30.1. The minimum absolute atomic E-state index is 0.00757. The van der Waals surface area contributed by atoms with Gasteiger partial charge in [0.15, 0.2) is 0 Å². The molecule has 20 heteroatoms. The van der Waals surface area contributed by atoms with Gasteiger partial charge in [0.25, 0.3) is 0 Å². The van der Waals surface area contributed by atoms with E-state index in [1.54, 1.807) is 55.4 Å². The maximum absolute atomic E-state index is 15.0. The maximum Gasteiger partial charge on any atom is 0.530 e. The lowest BCUT2D eigenvalue weighted by atomic mass is 9.79. The van der Waals surface area contributed by atoms with Crippen molar-refractivity contribution in [2.24, 2.45) is 0 Å². The van der Waals surface area contributed by atoms with Crippen molar-refractivity contribution >= 4 is 31.3 Å². The molecule has 0 unspecified atom stereocenters. The summed E-state index contributed by atoms with van der Waals surface area (Å²) in [4.78, 5) is 0. The van der Waals surface area contributed by atoms with Crippen molar-refractivity contribution in [2.45, 2.75) is 186 Å². The van der Waals surface area contributed by atoms with E-state index in [1.165, 1.54) is 0 Å². The Morgan fingerprint density at radius 2 is 0.400 bits per heavy atom. The summed E-state index contributed by atoms with van der Waals surface area (Å²) < 4.78 is 134. The molecule has 16 nitrogen and oxygen atoms in total. The highest BCUT2D eigenvalue weighted by Crippen LogP contribution is 2.58. The Hall–Kier alpha value is -3.32. The highest BCUT2D eigenvalue weighted by Gasteiger charge is 2.39. The monoisotopic (exact) mass is 1190 g/mol. The molecule has 5 rings (SSSR count). The zero-order chi connectivity index (χ0) is 59.9. The molecule has 8 bridgehead atoms. The van der Waals surface area contributed by atoms with Gasteiger partial charge >= 0.3 is 31.3 Å². The van der Waals surface area contributed by atoms with Crippen LogP contribution in [-0.4, -0.2) is 52.9 Å². The molecule has 0 heterocycles. The fraction of sp³-hybridized carbons (Fsp3) is 0.600. The molecule has 0 fully saturated rings. The van der Waals surface area contributed by atoms with Gasteiger partial charge in [-0.15, -0.1) is 0 Å². The van der Waals surface area contributed by atoms with Crippen LogP contribution in [0.25, 0.3) is 0 Å². The molecule has 0 aromatic heterocycles. The molecule has 0 aliphatic heterocycles. The predicted molar refractivity (Wildman–Crippen MR) is 318 cm³/mol. The van der Waals surface area contributed by atoms with Crippen molar-refractivity contribution in [3.8, 4) is 23.0 Å². The van der Waals surface area contributed by atoms with Crippen molar-refractivity contribution in [3.63, 3.8) is 0 Å². The number of rotatable bonds is 24. The van der Waals surface area contributed by atoms with Gasteiger partial charge in [-0.1, -0.05) is 132 Å². The summed E-state index contributed by atoms with van der Waals surface area (Å²) in [6.45, 7) is 39.0. The SMILES string of the molecule is CCOP(=O)(OCC)Oc1c2cc(C(C)(C)C)cc1Cc1cc(C(C)(C)C)cc(c1OP(=O)(OCC)OCC)Cc1cc(C(C)(C)C)cc(c1OP(=O)(OCC)OCC)Cc1cc(C(C)(C)C)cc(c1OP(=O)(OCC)OCC)C2. The topological polar surface area (TPSA) is 179 Å². The van der Waals surface area contributed by atoms with Crippen LogP contribution in [0.2, 0.25) is 0 Å². The molecule has 4 aromatic rings. The first-order valence-corrected chi connectivity index (χ1v) is 34.0. The molecule has 0 saturated heterocycles. The number of phosphoric acid groups is 4. The van der Waals surface area contributed by atoms with E-state index in [2.05, 4.69) is 83.1 Å². The van der Waals surface area contributed by atoms with Gasteiger partial charge in [-0.3, -0.25) is 36.2 Å². The molecule has 4 aromatic carbocycles.